The molecular formula is C34H44ClNO2. The molecule has 1 heterocycles. The number of hydrogen-bond donors (Lipinski definition) is 1. The van der Waals surface area contributed by atoms with Crippen LogP contribution in [0.1, 0.15) is 86.3 Å². The van der Waals surface area contributed by atoms with E-state index < -0.39 is 5.60 Å². The highest BCUT2D eigenvalue weighted by Crippen LogP contribution is 2.41. The highest BCUT2D eigenvalue weighted by Gasteiger charge is 2.41. The molecule has 0 radical (unpaired) electrons. The van der Waals surface area contributed by atoms with Gasteiger partial charge in [0.05, 0.1) is 0 Å². The van der Waals surface area contributed by atoms with Crippen molar-refractivity contribution in [3.8, 4) is 0 Å². The normalized spacial score (nSPS) is 15.2. The minimum absolute atomic E-state index is 0. The number of unbranched alkanes of at least 4 members (excludes halogenated alkanes) is 2. The van der Waals surface area contributed by atoms with Crippen LogP contribution < -0.4 is 0 Å². The van der Waals surface area contributed by atoms with Crippen molar-refractivity contribution in [2.24, 2.45) is 5.92 Å². The van der Waals surface area contributed by atoms with Gasteiger partial charge in [0.15, 0.2) is 5.78 Å². The van der Waals surface area contributed by atoms with Gasteiger partial charge in [-0.05, 0) is 73.3 Å². The first-order chi connectivity index (χ1) is 17.8. The van der Waals surface area contributed by atoms with Gasteiger partial charge in [-0.25, -0.2) is 0 Å². The highest BCUT2D eigenvalue weighted by molar-refractivity contribution is 5.96. The van der Waals surface area contributed by atoms with Crippen LogP contribution in [-0.4, -0.2) is 35.4 Å². The fourth-order valence-corrected chi connectivity index (χ4v) is 5.70. The molecule has 1 aliphatic heterocycles. The molecule has 1 fully saturated rings. The molecule has 1 saturated heterocycles. The SMILES string of the molecule is CC(C)(C)c1ccc(C(=O)CCCCCN2CCC(C(O)(c3ccccc3)c3ccccc3)CC2)cc1.Cl. The van der Waals surface area contributed by atoms with Gasteiger partial charge in [-0.15, -0.1) is 12.4 Å². The molecule has 4 heteroatoms. The van der Waals surface area contributed by atoms with E-state index in [1.165, 1.54) is 5.56 Å². The molecule has 0 bridgehead atoms. The second-order valence-electron chi connectivity index (χ2n) is 11.7. The molecule has 1 N–H and O–H groups in total. The molecule has 3 nitrogen and oxygen atoms in total. The molecular weight excluding hydrogens is 490 g/mol. The van der Waals surface area contributed by atoms with E-state index in [9.17, 15) is 9.90 Å². The molecule has 1 aliphatic rings. The van der Waals surface area contributed by atoms with E-state index in [4.69, 9.17) is 0 Å². The smallest absolute Gasteiger partial charge is 0.162 e. The molecule has 38 heavy (non-hydrogen) atoms. The van der Waals surface area contributed by atoms with Gasteiger partial charge in [-0.1, -0.05) is 112 Å². The van der Waals surface area contributed by atoms with Crippen molar-refractivity contribution in [3.05, 3.63) is 107 Å². The lowest BCUT2D eigenvalue weighted by Gasteiger charge is -2.42. The maximum atomic E-state index is 12.6. The lowest BCUT2D eigenvalue weighted by molar-refractivity contribution is -0.0143. The predicted octanol–water partition coefficient (Wildman–Crippen LogP) is 7.80. The van der Waals surface area contributed by atoms with Crippen molar-refractivity contribution in [3.63, 3.8) is 0 Å². The van der Waals surface area contributed by atoms with Gasteiger partial charge in [-0.3, -0.25) is 4.79 Å². The third-order valence-electron chi connectivity index (χ3n) is 8.06. The lowest BCUT2D eigenvalue weighted by Crippen LogP contribution is -2.44. The van der Waals surface area contributed by atoms with Gasteiger partial charge in [-0.2, -0.15) is 0 Å². The summed E-state index contributed by atoms with van der Waals surface area (Å²) in [6.07, 6.45) is 5.70. The number of halogens is 1. The molecule has 4 rings (SSSR count). The zero-order chi connectivity index (χ0) is 26.3. The summed E-state index contributed by atoms with van der Waals surface area (Å²) < 4.78 is 0. The van der Waals surface area contributed by atoms with Crippen LogP contribution in [-0.2, 0) is 11.0 Å². The maximum Gasteiger partial charge on any atom is 0.162 e. The summed E-state index contributed by atoms with van der Waals surface area (Å²) >= 11 is 0. The van der Waals surface area contributed by atoms with Crippen LogP contribution >= 0.6 is 12.4 Å². The van der Waals surface area contributed by atoms with E-state index in [1.807, 2.05) is 48.5 Å². The Balaban J connectivity index is 0.00000400. The van der Waals surface area contributed by atoms with Gasteiger partial charge in [0, 0.05) is 12.0 Å². The summed E-state index contributed by atoms with van der Waals surface area (Å²) in [5.41, 5.74) is 3.21. The Bertz CT molecular complexity index is 1080. The van der Waals surface area contributed by atoms with Gasteiger partial charge < -0.3 is 10.0 Å². The predicted molar refractivity (Wildman–Crippen MR) is 160 cm³/mol. The van der Waals surface area contributed by atoms with Crippen molar-refractivity contribution in [2.45, 2.75) is 70.3 Å². The summed E-state index contributed by atoms with van der Waals surface area (Å²) in [4.78, 5) is 15.1. The van der Waals surface area contributed by atoms with E-state index in [1.54, 1.807) is 0 Å². The third-order valence-corrected chi connectivity index (χ3v) is 8.06. The monoisotopic (exact) mass is 533 g/mol. The largest absolute Gasteiger partial charge is 0.380 e. The fraction of sp³-hybridized carbons (Fsp3) is 0.441. The van der Waals surface area contributed by atoms with Gasteiger partial charge in [0.25, 0.3) is 0 Å². The Hall–Kier alpha value is -2.46. The average molecular weight is 534 g/mol. The number of likely N-dealkylation sites (tertiary alicyclic amines) is 1. The Labute approximate surface area is 235 Å². The van der Waals surface area contributed by atoms with Crippen LogP contribution in [0.4, 0.5) is 0 Å². The summed E-state index contributed by atoms with van der Waals surface area (Å²) in [7, 11) is 0. The molecule has 3 aromatic rings. The molecule has 0 atom stereocenters. The zero-order valence-electron chi connectivity index (χ0n) is 23.2. The Morgan fingerprint density at radius 3 is 1.79 bits per heavy atom. The zero-order valence-corrected chi connectivity index (χ0v) is 24.1. The Morgan fingerprint density at radius 1 is 0.763 bits per heavy atom. The van der Waals surface area contributed by atoms with Gasteiger partial charge in [0.2, 0.25) is 0 Å². The third kappa shape index (κ3) is 7.34. The first-order valence-corrected chi connectivity index (χ1v) is 14.0. The first kappa shape index (κ1) is 30.1. The standard InChI is InChI=1S/C34H43NO2.ClH/c1-33(2,3)28-20-18-27(19-21-28)32(36)17-11-6-12-24-35-25-22-31(23-26-35)34(37,29-13-7-4-8-14-29)30-15-9-5-10-16-30;/h4-5,7-10,13-16,18-21,31,37H,6,11-12,17,22-26H2,1-3H3;1H. The summed E-state index contributed by atoms with van der Waals surface area (Å²) in [6, 6.07) is 28.5. The number of nitrogens with zero attached hydrogens (tertiary/aromatic N) is 1. The molecule has 0 aromatic heterocycles. The van der Waals surface area contributed by atoms with Crippen LogP contribution in [0.15, 0.2) is 84.9 Å². The van der Waals surface area contributed by atoms with Crippen LogP contribution in [0.3, 0.4) is 0 Å². The van der Waals surface area contributed by atoms with Crippen molar-refractivity contribution < 1.29 is 9.90 Å². The van der Waals surface area contributed by atoms with Crippen LogP contribution in [0.5, 0.6) is 0 Å². The Morgan fingerprint density at radius 2 is 1.29 bits per heavy atom. The number of carbonyl (C=O) groups excluding carboxylic acids is 1. The highest BCUT2D eigenvalue weighted by atomic mass is 35.5. The molecule has 3 aromatic carbocycles. The number of piperidine rings is 1. The van der Waals surface area contributed by atoms with E-state index in [2.05, 4.69) is 62.1 Å². The quantitative estimate of drug-likeness (QED) is 0.213. The number of carbonyl (C=O) groups is 1. The minimum Gasteiger partial charge on any atom is -0.380 e. The number of Topliss-reactive ketones (excluding diaryl/α,β-unsaturated/α-hetero) is 1. The second-order valence-corrected chi connectivity index (χ2v) is 11.7. The molecule has 0 unspecified atom stereocenters. The topological polar surface area (TPSA) is 40.5 Å². The summed E-state index contributed by atoms with van der Waals surface area (Å²) in [5.74, 6) is 0.443. The number of ketones is 1. The van der Waals surface area contributed by atoms with E-state index >= 15 is 0 Å². The van der Waals surface area contributed by atoms with E-state index in [0.717, 1.165) is 68.4 Å². The number of hydrogen-bond acceptors (Lipinski definition) is 3. The number of aliphatic hydroxyl groups is 1. The molecule has 0 aliphatic carbocycles. The van der Waals surface area contributed by atoms with Crippen LogP contribution in [0.25, 0.3) is 0 Å². The minimum atomic E-state index is -0.958. The summed E-state index contributed by atoms with van der Waals surface area (Å²) in [6.45, 7) is 9.66. The van der Waals surface area contributed by atoms with Crippen LogP contribution in [0.2, 0.25) is 0 Å². The van der Waals surface area contributed by atoms with Crippen molar-refractivity contribution >= 4 is 18.2 Å². The van der Waals surface area contributed by atoms with Crippen LogP contribution in [0, 0.1) is 5.92 Å². The van der Waals surface area contributed by atoms with E-state index in [0.29, 0.717) is 6.42 Å². The van der Waals surface area contributed by atoms with Gasteiger partial charge in [0.1, 0.15) is 5.60 Å². The van der Waals surface area contributed by atoms with Crippen molar-refractivity contribution in [2.75, 3.05) is 19.6 Å². The second kappa shape index (κ2) is 13.6. The first-order valence-electron chi connectivity index (χ1n) is 14.0. The Kier molecular flexibility index (Phi) is 10.7. The van der Waals surface area contributed by atoms with Crippen molar-refractivity contribution in [1.29, 1.82) is 0 Å². The molecule has 0 saturated carbocycles. The van der Waals surface area contributed by atoms with Gasteiger partial charge >= 0.3 is 0 Å². The lowest BCUT2D eigenvalue weighted by atomic mass is 9.72. The van der Waals surface area contributed by atoms with E-state index in [-0.39, 0.29) is 29.5 Å². The molecule has 0 amide bonds. The summed E-state index contributed by atoms with van der Waals surface area (Å²) in [5, 5.41) is 12.1. The maximum absolute atomic E-state index is 12.6. The fourth-order valence-electron chi connectivity index (χ4n) is 5.70. The van der Waals surface area contributed by atoms with Crippen molar-refractivity contribution in [1.82, 2.24) is 4.90 Å². The molecule has 0 spiro atoms. The molecule has 204 valence electrons. The number of benzene rings is 3. The number of rotatable bonds is 10. The average Bonchev–Trinajstić information content (AvgIpc) is 2.93.